The van der Waals surface area contributed by atoms with Crippen molar-refractivity contribution in [2.75, 3.05) is 7.11 Å². The van der Waals surface area contributed by atoms with Crippen LogP contribution in [0.4, 0.5) is 0 Å². The van der Waals surface area contributed by atoms with Crippen LogP contribution in [0, 0.1) is 0 Å². The highest BCUT2D eigenvalue weighted by Crippen LogP contribution is 2.26. The predicted molar refractivity (Wildman–Crippen MR) is 76.3 cm³/mol. The molecule has 0 saturated carbocycles. The molecule has 0 aliphatic carbocycles. The van der Waals surface area contributed by atoms with E-state index in [2.05, 4.69) is 5.16 Å². The molecular formula is C15H16N2O3. The van der Waals surface area contributed by atoms with E-state index < -0.39 is 0 Å². The fourth-order valence-corrected chi connectivity index (χ4v) is 1.73. The summed E-state index contributed by atoms with van der Waals surface area (Å²) >= 11 is 0. The van der Waals surface area contributed by atoms with Gasteiger partial charge < -0.3 is 20.4 Å². The smallest absolute Gasteiger partial charge is 0.170 e. The minimum Gasteiger partial charge on any atom is -0.493 e. The lowest BCUT2D eigenvalue weighted by Gasteiger charge is -2.10. The zero-order chi connectivity index (χ0) is 14.4. The molecule has 3 N–H and O–H groups in total. The van der Waals surface area contributed by atoms with Crippen LogP contribution in [0.25, 0.3) is 0 Å². The van der Waals surface area contributed by atoms with E-state index in [9.17, 15) is 0 Å². The van der Waals surface area contributed by atoms with Gasteiger partial charge in [-0.05, 0) is 17.7 Å². The largest absolute Gasteiger partial charge is 0.493 e. The third-order valence-corrected chi connectivity index (χ3v) is 2.82. The first-order valence-electron chi connectivity index (χ1n) is 6.07. The Morgan fingerprint density at radius 2 is 1.75 bits per heavy atom. The monoisotopic (exact) mass is 272 g/mol. The number of benzene rings is 2. The first kappa shape index (κ1) is 13.7. The van der Waals surface area contributed by atoms with Gasteiger partial charge >= 0.3 is 0 Å². The van der Waals surface area contributed by atoms with Crippen LogP contribution in [-0.4, -0.2) is 18.2 Å². The molecule has 0 saturated heterocycles. The maximum atomic E-state index is 8.59. The number of rotatable bonds is 5. The van der Waals surface area contributed by atoms with Crippen molar-refractivity contribution < 1.29 is 14.7 Å². The third-order valence-electron chi connectivity index (χ3n) is 2.82. The maximum Gasteiger partial charge on any atom is 0.170 e. The van der Waals surface area contributed by atoms with E-state index in [1.807, 2.05) is 36.4 Å². The number of nitrogens with two attached hydrogens (primary N) is 1. The second-order valence-electron chi connectivity index (χ2n) is 4.12. The number of nitrogens with zero attached hydrogens (tertiary/aromatic N) is 1. The second kappa shape index (κ2) is 6.47. The standard InChI is InChI=1S/C15H16N2O3/c1-19-13-4-2-3-5-14(13)20-10-11-6-8-12(9-7-11)15(16)17-18/h2-9,18H,10H2,1H3,(H2,16,17). The SMILES string of the molecule is COc1ccccc1OCc1ccc(/C(N)=N/O)cc1. The molecule has 2 rings (SSSR count). The molecule has 5 nitrogen and oxygen atoms in total. The van der Waals surface area contributed by atoms with E-state index in [1.54, 1.807) is 19.2 Å². The van der Waals surface area contributed by atoms with Gasteiger partial charge in [0.05, 0.1) is 7.11 Å². The summed E-state index contributed by atoms with van der Waals surface area (Å²) in [5, 5.41) is 11.5. The van der Waals surface area contributed by atoms with Gasteiger partial charge in [-0.15, -0.1) is 0 Å². The summed E-state index contributed by atoms with van der Waals surface area (Å²) in [6.45, 7) is 0.414. The summed E-state index contributed by atoms with van der Waals surface area (Å²) in [6.07, 6.45) is 0. The Bertz CT molecular complexity index is 594. The fourth-order valence-electron chi connectivity index (χ4n) is 1.73. The van der Waals surface area contributed by atoms with Crippen LogP contribution in [0.3, 0.4) is 0 Å². The lowest BCUT2D eigenvalue weighted by Crippen LogP contribution is -2.12. The van der Waals surface area contributed by atoms with Gasteiger partial charge in [0.2, 0.25) is 0 Å². The molecule has 104 valence electrons. The average Bonchev–Trinajstić information content (AvgIpc) is 2.53. The molecule has 0 aliphatic heterocycles. The van der Waals surface area contributed by atoms with Crippen molar-refractivity contribution in [3.05, 3.63) is 59.7 Å². The molecular weight excluding hydrogens is 256 g/mol. The molecule has 0 unspecified atom stereocenters. The van der Waals surface area contributed by atoms with Crippen molar-refractivity contribution >= 4 is 5.84 Å². The van der Waals surface area contributed by atoms with Crippen molar-refractivity contribution in [1.29, 1.82) is 0 Å². The van der Waals surface area contributed by atoms with Gasteiger partial charge in [-0.25, -0.2) is 0 Å². The highest BCUT2D eigenvalue weighted by atomic mass is 16.5. The number of ether oxygens (including phenoxy) is 2. The van der Waals surface area contributed by atoms with Gasteiger partial charge in [0.15, 0.2) is 17.3 Å². The molecule has 5 heteroatoms. The van der Waals surface area contributed by atoms with Gasteiger partial charge in [0, 0.05) is 5.56 Å². The van der Waals surface area contributed by atoms with E-state index >= 15 is 0 Å². The molecule has 0 aliphatic rings. The predicted octanol–water partition coefficient (Wildman–Crippen LogP) is 2.37. The van der Waals surface area contributed by atoms with E-state index in [1.165, 1.54) is 0 Å². The summed E-state index contributed by atoms with van der Waals surface area (Å²) in [4.78, 5) is 0. The first-order valence-corrected chi connectivity index (χ1v) is 6.07. The molecule has 0 amide bonds. The lowest BCUT2D eigenvalue weighted by molar-refractivity contribution is 0.284. The highest BCUT2D eigenvalue weighted by Gasteiger charge is 2.04. The van der Waals surface area contributed by atoms with Crippen molar-refractivity contribution in [3.63, 3.8) is 0 Å². The highest BCUT2D eigenvalue weighted by molar-refractivity contribution is 5.96. The molecule has 20 heavy (non-hydrogen) atoms. The lowest BCUT2D eigenvalue weighted by atomic mass is 10.1. The zero-order valence-corrected chi connectivity index (χ0v) is 11.1. The fraction of sp³-hybridized carbons (Fsp3) is 0.133. The summed E-state index contributed by atoms with van der Waals surface area (Å²) in [5.74, 6) is 1.47. The van der Waals surface area contributed by atoms with Gasteiger partial charge in [0.1, 0.15) is 6.61 Å². The van der Waals surface area contributed by atoms with Gasteiger partial charge in [-0.3, -0.25) is 0 Å². The number of hydrogen-bond acceptors (Lipinski definition) is 4. The van der Waals surface area contributed by atoms with Gasteiger partial charge in [-0.1, -0.05) is 41.6 Å². The number of amidine groups is 1. The Balaban J connectivity index is 2.04. The number of hydrogen-bond donors (Lipinski definition) is 2. The first-order chi connectivity index (χ1) is 9.74. The molecule has 0 spiro atoms. The molecule has 0 atom stereocenters. The third kappa shape index (κ3) is 3.20. The maximum absolute atomic E-state index is 8.59. The molecule has 2 aromatic carbocycles. The normalized spacial score (nSPS) is 11.2. The van der Waals surface area contributed by atoms with Crippen LogP contribution >= 0.6 is 0 Å². The Kier molecular flexibility index (Phi) is 4.44. The molecule has 0 radical (unpaired) electrons. The summed E-state index contributed by atoms with van der Waals surface area (Å²) < 4.78 is 10.9. The Morgan fingerprint density at radius 3 is 2.35 bits per heavy atom. The van der Waals surface area contributed by atoms with Crippen molar-refractivity contribution in [3.8, 4) is 11.5 Å². The molecule has 0 aromatic heterocycles. The van der Waals surface area contributed by atoms with Crippen LogP contribution in [0.15, 0.2) is 53.7 Å². The van der Waals surface area contributed by atoms with Crippen LogP contribution in [0.2, 0.25) is 0 Å². The molecule has 0 heterocycles. The van der Waals surface area contributed by atoms with E-state index in [-0.39, 0.29) is 5.84 Å². The van der Waals surface area contributed by atoms with Gasteiger partial charge in [-0.2, -0.15) is 0 Å². The minimum absolute atomic E-state index is 0.0854. The van der Waals surface area contributed by atoms with Gasteiger partial charge in [0.25, 0.3) is 0 Å². The van der Waals surface area contributed by atoms with Crippen molar-refractivity contribution in [2.45, 2.75) is 6.61 Å². The summed E-state index contributed by atoms with van der Waals surface area (Å²) in [6, 6.07) is 14.7. The molecule has 2 aromatic rings. The van der Waals surface area contributed by atoms with Crippen LogP contribution < -0.4 is 15.2 Å². The Hall–Kier alpha value is -2.69. The van der Waals surface area contributed by atoms with Crippen LogP contribution in [0.5, 0.6) is 11.5 Å². The Morgan fingerprint density at radius 1 is 1.10 bits per heavy atom. The van der Waals surface area contributed by atoms with Crippen LogP contribution in [0.1, 0.15) is 11.1 Å². The molecule has 0 fully saturated rings. The second-order valence-corrected chi connectivity index (χ2v) is 4.12. The van der Waals surface area contributed by atoms with E-state index in [4.69, 9.17) is 20.4 Å². The summed E-state index contributed by atoms with van der Waals surface area (Å²) in [5.41, 5.74) is 7.14. The number of oxime groups is 1. The minimum atomic E-state index is 0.0854. The van der Waals surface area contributed by atoms with Crippen molar-refractivity contribution in [1.82, 2.24) is 0 Å². The number of para-hydroxylation sites is 2. The zero-order valence-electron chi connectivity index (χ0n) is 11.1. The average molecular weight is 272 g/mol. The quantitative estimate of drug-likeness (QED) is 0.379. The molecule has 0 bridgehead atoms. The summed E-state index contributed by atoms with van der Waals surface area (Å²) in [7, 11) is 1.61. The topological polar surface area (TPSA) is 77.1 Å². The van der Waals surface area contributed by atoms with Crippen molar-refractivity contribution in [2.24, 2.45) is 10.9 Å². The Labute approximate surface area is 117 Å². The van der Waals surface area contributed by atoms with E-state index in [0.717, 1.165) is 5.56 Å². The van der Waals surface area contributed by atoms with E-state index in [0.29, 0.717) is 23.7 Å². The van der Waals surface area contributed by atoms with Crippen LogP contribution in [-0.2, 0) is 6.61 Å². The number of methoxy groups -OCH3 is 1.